The van der Waals surface area contributed by atoms with Crippen molar-refractivity contribution in [1.82, 2.24) is 9.97 Å². The van der Waals surface area contributed by atoms with Crippen LogP contribution in [-0.4, -0.2) is 30.2 Å². The largest absolute Gasteiger partial charge is 0.497 e. The molecule has 0 atom stereocenters. The quantitative estimate of drug-likeness (QED) is 0.802. The Hall–Kier alpha value is -2.14. The summed E-state index contributed by atoms with van der Waals surface area (Å²) in [6.45, 7) is 1.20. The van der Waals surface area contributed by atoms with E-state index in [9.17, 15) is 0 Å². The van der Waals surface area contributed by atoms with Crippen LogP contribution in [-0.2, 0) is 0 Å². The van der Waals surface area contributed by atoms with Gasteiger partial charge in [0.15, 0.2) is 11.6 Å². The van der Waals surface area contributed by atoms with E-state index in [0.29, 0.717) is 24.7 Å². The van der Waals surface area contributed by atoms with Gasteiger partial charge >= 0.3 is 0 Å². The Morgan fingerprint density at radius 2 is 1.95 bits per heavy atom. The van der Waals surface area contributed by atoms with Crippen LogP contribution in [0.4, 0.5) is 0 Å². The lowest BCUT2D eigenvalue weighted by atomic mass is 10.2. The normalized spacial score (nSPS) is 10.2. The van der Waals surface area contributed by atoms with Crippen molar-refractivity contribution in [2.45, 2.75) is 6.42 Å². The van der Waals surface area contributed by atoms with Gasteiger partial charge in [0, 0.05) is 5.56 Å². The summed E-state index contributed by atoms with van der Waals surface area (Å²) in [7, 11) is 1.63. The number of rotatable bonds is 6. The van der Waals surface area contributed by atoms with Crippen molar-refractivity contribution < 1.29 is 9.47 Å². The fourth-order valence-electron chi connectivity index (χ4n) is 1.58. The van der Waals surface area contributed by atoms with Gasteiger partial charge in [0.25, 0.3) is 0 Å². The summed E-state index contributed by atoms with van der Waals surface area (Å²) < 4.78 is 10.6. The van der Waals surface area contributed by atoms with E-state index in [2.05, 4.69) is 9.97 Å². The molecule has 19 heavy (non-hydrogen) atoms. The van der Waals surface area contributed by atoms with Crippen molar-refractivity contribution in [3.05, 3.63) is 36.7 Å². The van der Waals surface area contributed by atoms with Crippen LogP contribution in [0.5, 0.6) is 11.5 Å². The summed E-state index contributed by atoms with van der Waals surface area (Å²) >= 11 is 0. The number of nitrogens with two attached hydrogens (primary N) is 1. The van der Waals surface area contributed by atoms with Crippen molar-refractivity contribution in [3.63, 3.8) is 0 Å². The van der Waals surface area contributed by atoms with Gasteiger partial charge in [0.05, 0.1) is 26.1 Å². The molecule has 5 nitrogen and oxygen atoms in total. The second-order valence-electron chi connectivity index (χ2n) is 3.97. The molecule has 2 rings (SSSR count). The van der Waals surface area contributed by atoms with Crippen LogP contribution in [0.25, 0.3) is 11.4 Å². The average Bonchev–Trinajstić information content (AvgIpc) is 2.48. The van der Waals surface area contributed by atoms with E-state index < -0.39 is 0 Å². The summed E-state index contributed by atoms with van der Waals surface area (Å²) in [5, 5.41) is 0. The van der Waals surface area contributed by atoms with Gasteiger partial charge in [-0.3, -0.25) is 0 Å². The molecule has 1 heterocycles. The van der Waals surface area contributed by atoms with E-state index in [1.165, 1.54) is 0 Å². The number of nitrogens with zero attached hydrogens (tertiary/aromatic N) is 2. The Bertz CT molecular complexity index is 514. The second-order valence-corrected chi connectivity index (χ2v) is 3.97. The highest BCUT2D eigenvalue weighted by Gasteiger charge is 2.03. The molecule has 2 aromatic rings. The van der Waals surface area contributed by atoms with Crippen molar-refractivity contribution in [1.29, 1.82) is 0 Å². The standard InChI is InChI=1S/C14H17N3O2/c1-18-12-5-2-4-11(8-12)14-16-9-13(10-17-14)19-7-3-6-15/h2,4-5,8-10H,3,6-7,15H2,1H3. The molecular weight excluding hydrogens is 242 g/mol. The Morgan fingerprint density at radius 3 is 2.63 bits per heavy atom. The van der Waals surface area contributed by atoms with Gasteiger partial charge in [-0.05, 0) is 25.1 Å². The van der Waals surface area contributed by atoms with Crippen molar-refractivity contribution in [3.8, 4) is 22.9 Å². The zero-order valence-electron chi connectivity index (χ0n) is 10.9. The fraction of sp³-hybridized carbons (Fsp3) is 0.286. The molecule has 0 saturated carbocycles. The van der Waals surface area contributed by atoms with E-state index in [1.807, 2.05) is 24.3 Å². The van der Waals surface area contributed by atoms with E-state index in [-0.39, 0.29) is 0 Å². The molecule has 0 bridgehead atoms. The lowest BCUT2D eigenvalue weighted by Gasteiger charge is -2.06. The lowest BCUT2D eigenvalue weighted by molar-refractivity contribution is 0.311. The number of benzene rings is 1. The minimum absolute atomic E-state index is 0.582. The average molecular weight is 259 g/mol. The summed E-state index contributed by atoms with van der Waals surface area (Å²) in [5.74, 6) is 2.08. The summed E-state index contributed by atoms with van der Waals surface area (Å²) in [4.78, 5) is 8.56. The molecule has 2 N–H and O–H groups in total. The third-order valence-electron chi connectivity index (χ3n) is 2.57. The Morgan fingerprint density at radius 1 is 1.16 bits per heavy atom. The van der Waals surface area contributed by atoms with Crippen molar-refractivity contribution >= 4 is 0 Å². The maximum atomic E-state index is 5.45. The number of methoxy groups -OCH3 is 1. The highest BCUT2D eigenvalue weighted by atomic mass is 16.5. The highest BCUT2D eigenvalue weighted by Crippen LogP contribution is 2.21. The number of hydrogen-bond donors (Lipinski definition) is 1. The molecule has 0 saturated heterocycles. The predicted molar refractivity (Wildman–Crippen MR) is 73.2 cm³/mol. The molecule has 0 aliphatic heterocycles. The number of aromatic nitrogens is 2. The van der Waals surface area contributed by atoms with Gasteiger partial charge < -0.3 is 15.2 Å². The van der Waals surface area contributed by atoms with Crippen molar-refractivity contribution in [2.24, 2.45) is 5.73 Å². The van der Waals surface area contributed by atoms with Crippen LogP contribution < -0.4 is 15.2 Å². The molecule has 0 spiro atoms. The van der Waals surface area contributed by atoms with Gasteiger partial charge in [0.2, 0.25) is 0 Å². The van der Waals surface area contributed by atoms with Gasteiger partial charge in [-0.15, -0.1) is 0 Å². The lowest BCUT2D eigenvalue weighted by Crippen LogP contribution is -2.06. The minimum atomic E-state index is 0.582. The minimum Gasteiger partial charge on any atom is -0.497 e. The second kappa shape index (κ2) is 6.70. The molecule has 0 fully saturated rings. The first-order valence-electron chi connectivity index (χ1n) is 6.13. The molecule has 5 heteroatoms. The molecule has 100 valence electrons. The Kier molecular flexibility index (Phi) is 4.69. The molecule has 1 aromatic carbocycles. The summed E-state index contributed by atoms with van der Waals surface area (Å²) in [6.07, 6.45) is 4.15. The monoisotopic (exact) mass is 259 g/mol. The van der Waals surface area contributed by atoms with Crippen LogP contribution in [0, 0.1) is 0 Å². The third kappa shape index (κ3) is 3.66. The number of hydrogen-bond acceptors (Lipinski definition) is 5. The van der Waals surface area contributed by atoms with Crippen LogP contribution in [0.1, 0.15) is 6.42 Å². The fourth-order valence-corrected chi connectivity index (χ4v) is 1.58. The van der Waals surface area contributed by atoms with Crippen LogP contribution in [0.15, 0.2) is 36.7 Å². The van der Waals surface area contributed by atoms with Gasteiger partial charge in [0.1, 0.15) is 5.75 Å². The summed E-state index contributed by atoms with van der Waals surface area (Å²) in [6, 6.07) is 7.62. The molecule has 0 unspecified atom stereocenters. The Balaban J connectivity index is 2.08. The smallest absolute Gasteiger partial charge is 0.159 e. The molecule has 0 amide bonds. The molecule has 0 aliphatic carbocycles. The SMILES string of the molecule is COc1cccc(-c2ncc(OCCCN)cn2)c1. The maximum absolute atomic E-state index is 5.45. The van der Waals surface area contributed by atoms with Gasteiger partial charge in [-0.25, -0.2) is 9.97 Å². The zero-order valence-corrected chi connectivity index (χ0v) is 10.9. The Labute approximate surface area is 112 Å². The zero-order chi connectivity index (χ0) is 13.5. The first kappa shape index (κ1) is 13.3. The van der Waals surface area contributed by atoms with Crippen molar-refractivity contribution in [2.75, 3.05) is 20.3 Å². The molecular formula is C14H17N3O2. The van der Waals surface area contributed by atoms with E-state index >= 15 is 0 Å². The van der Waals surface area contributed by atoms with E-state index in [4.69, 9.17) is 15.2 Å². The van der Waals surface area contributed by atoms with Crippen LogP contribution >= 0.6 is 0 Å². The van der Waals surface area contributed by atoms with E-state index in [0.717, 1.165) is 17.7 Å². The first-order valence-corrected chi connectivity index (χ1v) is 6.13. The molecule has 0 radical (unpaired) electrons. The molecule has 1 aromatic heterocycles. The van der Waals surface area contributed by atoms with Crippen LogP contribution in [0.3, 0.4) is 0 Å². The van der Waals surface area contributed by atoms with Gasteiger partial charge in [-0.2, -0.15) is 0 Å². The number of ether oxygens (including phenoxy) is 2. The highest BCUT2D eigenvalue weighted by molar-refractivity contribution is 5.57. The predicted octanol–water partition coefficient (Wildman–Crippen LogP) is 1.88. The topological polar surface area (TPSA) is 70.3 Å². The first-order chi connectivity index (χ1) is 9.33. The van der Waals surface area contributed by atoms with Gasteiger partial charge in [-0.1, -0.05) is 12.1 Å². The molecule has 0 aliphatic rings. The summed E-state index contributed by atoms with van der Waals surface area (Å²) in [5.41, 5.74) is 6.31. The van der Waals surface area contributed by atoms with Crippen LogP contribution in [0.2, 0.25) is 0 Å². The van der Waals surface area contributed by atoms with E-state index in [1.54, 1.807) is 19.5 Å². The maximum Gasteiger partial charge on any atom is 0.159 e. The third-order valence-corrected chi connectivity index (χ3v) is 2.57.